The maximum atomic E-state index is 5.76. The number of benzene rings is 1. The highest BCUT2D eigenvalue weighted by Gasteiger charge is 2.08. The summed E-state index contributed by atoms with van der Waals surface area (Å²) in [6.07, 6.45) is 0.706. The zero-order chi connectivity index (χ0) is 11.7. The molecular weight excluding hydrogens is 266 g/mol. The normalized spacial score (nSPS) is 13.0. The van der Waals surface area contributed by atoms with Crippen LogP contribution >= 0.6 is 15.9 Å². The van der Waals surface area contributed by atoms with Crippen molar-refractivity contribution in [3.8, 4) is 0 Å². The average molecular weight is 280 g/mol. The molecule has 1 aromatic carbocycles. The van der Waals surface area contributed by atoms with Gasteiger partial charge in [0.2, 0.25) is 0 Å². The van der Waals surface area contributed by atoms with Gasteiger partial charge in [-0.05, 0) is 35.8 Å². The molecule has 0 saturated heterocycles. The van der Waals surface area contributed by atoms with E-state index in [-0.39, 0.29) is 6.04 Å². The molecule has 0 aliphatic heterocycles. The van der Waals surface area contributed by atoms with Crippen LogP contribution in [0.1, 0.15) is 18.4 Å². The largest absolute Gasteiger partial charge is 0.328 e. The van der Waals surface area contributed by atoms with Crippen LogP contribution in [0.15, 0.2) is 22.7 Å². The number of hydrogen-bond donors (Lipinski definition) is 1. The first-order valence-corrected chi connectivity index (χ1v) is 6.04. The molecule has 2 aromatic rings. The van der Waals surface area contributed by atoms with E-state index in [1.54, 1.807) is 0 Å². The third-order valence-corrected chi connectivity index (χ3v) is 3.06. The van der Waals surface area contributed by atoms with Crippen molar-refractivity contribution in [2.24, 2.45) is 5.73 Å². The van der Waals surface area contributed by atoms with Crippen LogP contribution in [0, 0.1) is 6.92 Å². The van der Waals surface area contributed by atoms with Crippen molar-refractivity contribution in [3.05, 3.63) is 34.2 Å². The predicted molar refractivity (Wildman–Crippen MR) is 69.3 cm³/mol. The van der Waals surface area contributed by atoms with Crippen LogP contribution < -0.4 is 5.73 Å². The number of fused-ring (bicyclic) bond motifs is 1. The Kier molecular flexibility index (Phi) is 3.21. The molecule has 2 N–H and O–H groups in total. The minimum atomic E-state index is 0.0827. The smallest absolute Gasteiger partial charge is 0.130 e. The summed E-state index contributed by atoms with van der Waals surface area (Å²) in [6.45, 7) is 3.96. The van der Waals surface area contributed by atoms with Crippen LogP contribution in [0.2, 0.25) is 0 Å². The van der Waals surface area contributed by atoms with Crippen molar-refractivity contribution >= 4 is 26.8 Å². The monoisotopic (exact) mass is 279 g/mol. The van der Waals surface area contributed by atoms with Crippen molar-refractivity contribution in [3.63, 3.8) is 0 Å². The van der Waals surface area contributed by atoms with Gasteiger partial charge in [-0.2, -0.15) is 0 Å². The number of hydrogen-bond acceptors (Lipinski definition) is 3. The average Bonchev–Trinajstić information content (AvgIpc) is 2.19. The van der Waals surface area contributed by atoms with Crippen molar-refractivity contribution < 1.29 is 0 Å². The van der Waals surface area contributed by atoms with E-state index in [2.05, 4.69) is 25.9 Å². The van der Waals surface area contributed by atoms with Gasteiger partial charge >= 0.3 is 0 Å². The van der Waals surface area contributed by atoms with E-state index < -0.39 is 0 Å². The van der Waals surface area contributed by atoms with E-state index in [1.165, 1.54) is 0 Å². The van der Waals surface area contributed by atoms with Crippen LogP contribution in [-0.4, -0.2) is 16.0 Å². The first-order valence-electron chi connectivity index (χ1n) is 5.25. The van der Waals surface area contributed by atoms with Crippen LogP contribution in [-0.2, 0) is 6.42 Å². The fourth-order valence-corrected chi connectivity index (χ4v) is 2.16. The lowest BCUT2D eigenvalue weighted by molar-refractivity contribution is 0.703. The summed E-state index contributed by atoms with van der Waals surface area (Å²) in [5.41, 5.74) is 7.73. The second-order valence-corrected chi connectivity index (χ2v) is 4.90. The molecule has 0 aliphatic carbocycles. The third-order valence-electron chi connectivity index (χ3n) is 2.42. The molecule has 3 nitrogen and oxygen atoms in total. The molecule has 2 rings (SSSR count). The maximum Gasteiger partial charge on any atom is 0.130 e. The highest BCUT2D eigenvalue weighted by Crippen LogP contribution is 2.23. The standard InChI is InChI=1S/C12H14BrN3/c1-7(14)6-11-15-8(2)9-4-3-5-10(13)12(9)16-11/h3-5,7H,6,14H2,1-2H3. The lowest BCUT2D eigenvalue weighted by Gasteiger charge is -2.08. The van der Waals surface area contributed by atoms with Crippen LogP contribution in [0.25, 0.3) is 10.9 Å². The number of halogens is 1. The molecule has 0 saturated carbocycles. The Morgan fingerprint density at radius 1 is 1.38 bits per heavy atom. The Balaban J connectivity index is 2.61. The number of rotatable bonds is 2. The zero-order valence-corrected chi connectivity index (χ0v) is 11.0. The molecule has 16 heavy (non-hydrogen) atoms. The number of aryl methyl sites for hydroxylation is 1. The molecule has 1 heterocycles. The Morgan fingerprint density at radius 2 is 2.12 bits per heavy atom. The molecule has 1 unspecified atom stereocenters. The van der Waals surface area contributed by atoms with Gasteiger partial charge in [0, 0.05) is 28.0 Å². The quantitative estimate of drug-likeness (QED) is 0.919. The molecule has 0 amide bonds. The van der Waals surface area contributed by atoms with Gasteiger partial charge in [-0.3, -0.25) is 0 Å². The Bertz CT molecular complexity index is 523. The number of nitrogens with zero attached hydrogens (tertiary/aromatic N) is 2. The zero-order valence-electron chi connectivity index (χ0n) is 9.37. The van der Waals surface area contributed by atoms with Crippen LogP contribution in [0.3, 0.4) is 0 Å². The molecule has 4 heteroatoms. The van der Waals surface area contributed by atoms with Gasteiger partial charge < -0.3 is 5.73 Å². The SMILES string of the molecule is Cc1nc(CC(C)N)nc2c(Br)cccc12. The molecular formula is C12H14BrN3. The van der Waals surface area contributed by atoms with Gasteiger partial charge in [0.15, 0.2) is 0 Å². The fraction of sp³-hybridized carbons (Fsp3) is 0.333. The molecule has 1 aromatic heterocycles. The molecule has 0 fully saturated rings. The summed E-state index contributed by atoms with van der Waals surface area (Å²) in [6, 6.07) is 6.10. The van der Waals surface area contributed by atoms with E-state index in [4.69, 9.17) is 5.73 Å². The van der Waals surface area contributed by atoms with E-state index in [9.17, 15) is 0 Å². The highest BCUT2D eigenvalue weighted by atomic mass is 79.9. The summed E-state index contributed by atoms with van der Waals surface area (Å²) >= 11 is 3.51. The first kappa shape index (κ1) is 11.5. The maximum absolute atomic E-state index is 5.76. The summed E-state index contributed by atoms with van der Waals surface area (Å²) in [5.74, 6) is 0.812. The van der Waals surface area contributed by atoms with Gasteiger partial charge in [0.1, 0.15) is 5.82 Å². The third kappa shape index (κ3) is 2.23. The van der Waals surface area contributed by atoms with Crippen molar-refractivity contribution in [1.82, 2.24) is 9.97 Å². The number of para-hydroxylation sites is 1. The minimum Gasteiger partial charge on any atom is -0.328 e. The Morgan fingerprint density at radius 3 is 2.81 bits per heavy atom. The lowest BCUT2D eigenvalue weighted by Crippen LogP contribution is -2.19. The van der Waals surface area contributed by atoms with Crippen molar-refractivity contribution in [2.75, 3.05) is 0 Å². The molecule has 84 valence electrons. The molecule has 0 aliphatic rings. The van der Waals surface area contributed by atoms with Crippen molar-refractivity contribution in [2.45, 2.75) is 26.3 Å². The molecule has 0 spiro atoms. The number of aromatic nitrogens is 2. The van der Waals surface area contributed by atoms with E-state index in [0.717, 1.165) is 26.9 Å². The van der Waals surface area contributed by atoms with Gasteiger partial charge in [-0.15, -0.1) is 0 Å². The van der Waals surface area contributed by atoms with Gasteiger partial charge in [-0.25, -0.2) is 9.97 Å². The van der Waals surface area contributed by atoms with E-state index >= 15 is 0 Å². The molecule has 0 radical (unpaired) electrons. The highest BCUT2D eigenvalue weighted by molar-refractivity contribution is 9.10. The van der Waals surface area contributed by atoms with Gasteiger partial charge in [0.05, 0.1) is 5.52 Å². The molecule has 1 atom stereocenters. The fourth-order valence-electron chi connectivity index (χ4n) is 1.71. The van der Waals surface area contributed by atoms with Gasteiger partial charge in [-0.1, -0.05) is 12.1 Å². The Labute approximate surface area is 103 Å². The lowest BCUT2D eigenvalue weighted by atomic mass is 10.1. The second-order valence-electron chi connectivity index (χ2n) is 4.04. The van der Waals surface area contributed by atoms with E-state index in [1.807, 2.05) is 32.0 Å². The van der Waals surface area contributed by atoms with Crippen LogP contribution in [0.5, 0.6) is 0 Å². The van der Waals surface area contributed by atoms with Crippen molar-refractivity contribution in [1.29, 1.82) is 0 Å². The summed E-state index contributed by atoms with van der Waals surface area (Å²) in [5, 5.41) is 1.09. The predicted octanol–water partition coefficient (Wildman–Crippen LogP) is 2.59. The first-order chi connectivity index (χ1) is 7.58. The van der Waals surface area contributed by atoms with Crippen LogP contribution in [0.4, 0.5) is 0 Å². The second kappa shape index (κ2) is 4.47. The topological polar surface area (TPSA) is 51.8 Å². The van der Waals surface area contributed by atoms with E-state index in [0.29, 0.717) is 6.42 Å². The molecule has 0 bridgehead atoms. The van der Waals surface area contributed by atoms with Gasteiger partial charge in [0.25, 0.3) is 0 Å². The summed E-state index contributed by atoms with van der Waals surface area (Å²) in [4.78, 5) is 9.01. The minimum absolute atomic E-state index is 0.0827. The summed E-state index contributed by atoms with van der Waals surface area (Å²) < 4.78 is 1.00. The number of nitrogens with two attached hydrogens (primary N) is 1. The Hall–Kier alpha value is -1.00. The summed E-state index contributed by atoms with van der Waals surface area (Å²) in [7, 11) is 0.